The van der Waals surface area contributed by atoms with Crippen molar-refractivity contribution < 1.29 is 4.79 Å². The first-order chi connectivity index (χ1) is 9.16. The molecule has 0 radical (unpaired) electrons. The van der Waals surface area contributed by atoms with Gasteiger partial charge in [-0.15, -0.1) is 0 Å². The zero-order chi connectivity index (χ0) is 13.4. The second kappa shape index (κ2) is 4.24. The summed E-state index contributed by atoms with van der Waals surface area (Å²) in [5, 5.41) is 0.841. The maximum atomic E-state index is 11.8. The quantitative estimate of drug-likeness (QED) is 0.735. The van der Waals surface area contributed by atoms with Gasteiger partial charge in [-0.2, -0.15) is 0 Å². The van der Waals surface area contributed by atoms with E-state index in [1.54, 1.807) is 6.20 Å². The lowest BCUT2D eigenvalue weighted by Gasteiger charge is -2.00. The summed E-state index contributed by atoms with van der Waals surface area (Å²) in [6.45, 7) is 1.98. The summed E-state index contributed by atoms with van der Waals surface area (Å²) in [5.74, 6) is -0.447. The highest BCUT2D eigenvalue weighted by Gasteiger charge is 2.18. The number of aromatic nitrogens is 2. The summed E-state index contributed by atoms with van der Waals surface area (Å²) < 4.78 is 0. The number of nitrogens with two attached hydrogens (primary N) is 1. The van der Waals surface area contributed by atoms with E-state index in [0.717, 1.165) is 16.5 Å². The van der Waals surface area contributed by atoms with Crippen LogP contribution in [-0.2, 0) is 0 Å². The molecule has 0 saturated heterocycles. The second-order valence-corrected chi connectivity index (χ2v) is 4.50. The maximum Gasteiger partial charge on any atom is 0.251 e. The van der Waals surface area contributed by atoms with E-state index in [9.17, 15) is 4.79 Å². The van der Waals surface area contributed by atoms with Crippen molar-refractivity contribution >= 4 is 16.8 Å². The Kier molecular flexibility index (Phi) is 2.56. The lowest BCUT2D eigenvalue weighted by Crippen LogP contribution is -2.11. The topological polar surface area (TPSA) is 71.8 Å². The number of aryl methyl sites for hydroxylation is 1. The van der Waals surface area contributed by atoms with Gasteiger partial charge in [0, 0.05) is 17.1 Å². The molecule has 1 amide bonds. The number of carbonyl (C=O) groups is 1. The molecule has 1 aromatic carbocycles. The van der Waals surface area contributed by atoms with Crippen molar-refractivity contribution in [3.63, 3.8) is 0 Å². The summed E-state index contributed by atoms with van der Waals surface area (Å²) in [4.78, 5) is 19.3. The SMILES string of the molecule is Cc1ccc2[nH]c(-c3ccccn3)c(C(N)=O)c2c1. The van der Waals surface area contributed by atoms with Crippen LogP contribution >= 0.6 is 0 Å². The zero-order valence-corrected chi connectivity index (χ0v) is 10.5. The third-order valence-electron chi connectivity index (χ3n) is 3.12. The van der Waals surface area contributed by atoms with Crippen molar-refractivity contribution in [2.45, 2.75) is 6.92 Å². The molecule has 0 atom stereocenters. The normalized spacial score (nSPS) is 10.8. The molecular weight excluding hydrogens is 238 g/mol. The smallest absolute Gasteiger partial charge is 0.251 e. The number of H-pyrrole nitrogens is 1. The fraction of sp³-hybridized carbons (Fsp3) is 0.0667. The second-order valence-electron chi connectivity index (χ2n) is 4.50. The number of nitrogens with zero attached hydrogens (tertiary/aromatic N) is 1. The molecule has 3 rings (SSSR count). The van der Waals surface area contributed by atoms with Crippen LogP contribution in [0.1, 0.15) is 15.9 Å². The van der Waals surface area contributed by atoms with E-state index >= 15 is 0 Å². The first-order valence-electron chi connectivity index (χ1n) is 6.00. The zero-order valence-electron chi connectivity index (χ0n) is 10.5. The van der Waals surface area contributed by atoms with Crippen molar-refractivity contribution in [1.82, 2.24) is 9.97 Å². The molecule has 3 N–H and O–H groups in total. The molecule has 4 nitrogen and oxygen atoms in total. The van der Waals surface area contributed by atoms with Gasteiger partial charge in [0.15, 0.2) is 0 Å². The molecular formula is C15H13N3O. The van der Waals surface area contributed by atoms with Gasteiger partial charge in [-0.05, 0) is 31.2 Å². The Bertz CT molecular complexity index is 760. The number of primary amides is 1. The number of fused-ring (bicyclic) bond motifs is 1. The van der Waals surface area contributed by atoms with Gasteiger partial charge in [-0.1, -0.05) is 17.7 Å². The van der Waals surface area contributed by atoms with E-state index in [4.69, 9.17) is 5.73 Å². The van der Waals surface area contributed by atoms with Gasteiger partial charge < -0.3 is 10.7 Å². The van der Waals surface area contributed by atoms with Crippen LogP contribution in [0.5, 0.6) is 0 Å². The average molecular weight is 251 g/mol. The maximum absolute atomic E-state index is 11.8. The van der Waals surface area contributed by atoms with Crippen LogP contribution in [0, 0.1) is 6.92 Å². The van der Waals surface area contributed by atoms with Gasteiger partial charge in [0.1, 0.15) is 0 Å². The number of hydrogen-bond acceptors (Lipinski definition) is 2. The van der Waals surface area contributed by atoms with Crippen LogP contribution in [0.2, 0.25) is 0 Å². The van der Waals surface area contributed by atoms with Crippen LogP contribution in [0.25, 0.3) is 22.3 Å². The molecule has 0 aliphatic rings. The summed E-state index contributed by atoms with van der Waals surface area (Å²) in [6, 6.07) is 11.5. The number of aromatic amines is 1. The molecule has 2 heterocycles. The predicted octanol–water partition coefficient (Wildman–Crippen LogP) is 2.64. The van der Waals surface area contributed by atoms with Crippen LogP contribution in [-0.4, -0.2) is 15.9 Å². The molecule has 0 aliphatic heterocycles. The predicted molar refractivity (Wildman–Crippen MR) is 74.8 cm³/mol. The summed E-state index contributed by atoms with van der Waals surface area (Å²) in [5.41, 5.74) is 9.38. The Morgan fingerprint density at radius 2 is 2.11 bits per heavy atom. The summed E-state index contributed by atoms with van der Waals surface area (Å²) in [7, 11) is 0. The number of carbonyl (C=O) groups excluding carboxylic acids is 1. The number of pyridine rings is 1. The number of rotatable bonds is 2. The Morgan fingerprint density at radius 3 is 2.79 bits per heavy atom. The third kappa shape index (κ3) is 1.87. The summed E-state index contributed by atoms with van der Waals surface area (Å²) >= 11 is 0. The highest BCUT2D eigenvalue weighted by atomic mass is 16.1. The largest absolute Gasteiger partial charge is 0.366 e. The highest BCUT2D eigenvalue weighted by Crippen LogP contribution is 2.29. The van der Waals surface area contributed by atoms with Crippen molar-refractivity contribution in [2.75, 3.05) is 0 Å². The number of hydrogen-bond donors (Lipinski definition) is 2. The fourth-order valence-electron chi connectivity index (χ4n) is 2.26. The highest BCUT2D eigenvalue weighted by molar-refractivity contribution is 6.11. The van der Waals surface area contributed by atoms with E-state index in [1.807, 2.05) is 43.3 Å². The summed E-state index contributed by atoms with van der Waals surface area (Å²) in [6.07, 6.45) is 1.69. The van der Waals surface area contributed by atoms with Gasteiger partial charge in [-0.3, -0.25) is 9.78 Å². The molecule has 94 valence electrons. The number of benzene rings is 1. The van der Waals surface area contributed by atoms with Gasteiger partial charge >= 0.3 is 0 Å². The van der Waals surface area contributed by atoms with Gasteiger partial charge in [0.2, 0.25) is 0 Å². The minimum absolute atomic E-state index is 0.447. The molecule has 0 aliphatic carbocycles. The van der Waals surface area contributed by atoms with Crippen LogP contribution in [0.3, 0.4) is 0 Å². The van der Waals surface area contributed by atoms with E-state index in [2.05, 4.69) is 9.97 Å². The Morgan fingerprint density at radius 1 is 1.26 bits per heavy atom. The molecule has 0 spiro atoms. The van der Waals surface area contributed by atoms with E-state index in [0.29, 0.717) is 17.0 Å². The van der Waals surface area contributed by atoms with Crippen molar-refractivity contribution in [2.24, 2.45) is 5.73 Å². The van der Waals surface area contributed by atoms with Gasteiger partial charge in [0.05, 0.1) is 17.0 Å². The molecule has 0 fully saturated rings. The Balaban J connectivity index is 2.36. The van der Waals surface area contributed by atoms with Crippen molar-refractivity contribution in [1.29, 1.82) is 0 Å². The minimum Gasteiger partial charge on any atom is -0.366 e. The van der Waals surface area contributed by atoms with Gasteiger partial charge in [-0.25, -0.2) is 0 Å². The molecule has 0 saturated carbocycles. The van der Waals surface area contributed by atoms with E-state index in [-0.39, 0.29) is 0 Å². The average Bonchev–Trinajstić information content (AvgIpc) is 2.78. The molecule has 4 heteroatoms. The molecule has 0 unspecified atom stereocenters. The lowest BCUT2D eigenvalue weighted by molar-refractivity contribution is 0.100. The number of nitrogens with one attached hydrogen (secondary N) is 1. The molecule has 2 aromatic heterocycles. The Hall–Kier alpha value is -2.62. The number of amides is 1. The Labute approximate surface area is 110 Å². The van der Waals surface area contributed by atoms with Gasteiger partial charge in [0.25, 0.3) is 5.91 Å². The first-order valence-corrected chi connectivity index (χ1v) is 6.00. The van der Waals surface area contributed by atoms with E-state index < -0.39 is 5.91 Å². The minimum atomic E-state index is -0.447. The fourth-order valence-corrected chi connectivity index (χ4v) is 2.26. The molecule has 3 aromatic rings. The van der Waals surface area contributed by atoms with Crippen LogP contribution < -0.4 is 5.73 Å². The molecule has 0 bridgehead atoms. The first kappa shape index (κ1) is 11.5. The monoisotopic (exact) mass is 251 g/mol. The van der Waals surface area contributed by atoms with E-state index in [1.165, 1.54) is 0 Å². The van der Waals surface area contributed by atoms with Crippen molar-refractivity contribution in [3.05, 3.63) is 53.7 Å². The van der Waals surface area contributed by atoms with Crippen LogP contribution in [0.4, 0.5) is 0 Å². The van der Waals surface area contributed by atoms with Crippen molar-refractivity contribution in [3.8, 4) is 11.4 Å². The van der Waals surface area contributed by atoms with Crippen LogP contribution in [0.15, 0.2) is 42.6 Å². The lowest BCUT2D eigenvalue weighted by atomic mass is 10.1. The molecule has 19 heavy (non-hydrogen) atoms. The standard InChI is InChI=1S/C15H13N3O/c1-9-5-6-11-10(8-9)13(15(16)19)14(18-11)12-4-2-3-7-17-12/h2-8,18H,1H3,(H2,16,19). The third-order valence-corrected chi connectivity index (χ3v) is 3.12.